The minimum atomic E-state index is -0.647. The van der Waals surface area contributed by atoms with Gasteiger partial charge in [0, 0.05) is 52.4 Å². The van der Waals surface area contributed by atoms with Crippen LogP contribution in [0.15, 0.2) is 194 Å². The molecule has 6 aromatic carbocycles. The van der Waals surface area contributed by atoms with Crippen molar-refractivity contribution in [3.8, 4) is 0 Å². The highest BCUT2D eigenvalue weighted by Gasteiger charge is 2.39. The number of carbonyl (C=O) groups excluding carboxylic acids is 4. The van der Waals surface area contributed by atoms with Gasteiger partial charge in [-0.3, -0.25) is 24.2 Å². The van der Waals surface area contributed by atoms with Crippen LogP contribution in [0, 0.1) is 0 Å². The van der Waals surface area contributed by atoms with E-state index in [2.05, 4.69) is 63.7 Å². The van der Waals surface area contributed by atoms with Gasteiger partial charge in [-0.25, -0.2) is 4.79 Å². The summed E-state index contributed by atoms with van der Waals surface area (Å²) in [5.41, 5.74) is 6.00. The van der Waals surface area contributed by atoms with Crippen molar-refractivity contribution >= 4 is 46.8 Å². The minimum absolute atomic E-state index is 0.0766. The number of methoxy groups -OCH3 is 2. The largest absolute Gasteiger partial charge is 0.468 e. The zero-order valence-corrected chi connectivity index (χ0v) is 40.0. The molecular weight excluding hydrogens is 884 g/mol. The number of nitrogens with one attached hydrogen (secondary N) is 1. The van der Waals surface area contributed by atoms with E-state index in [0.29, 0.717) is 32.7 Å². The first-order chi connectivity index (χ1) is 33.7. The van der Waals surface area contributed by atoms with Crippen molar-refractivity contribution in [3.63, 3.8) is 0 Å². The number of nitrogens with zero attached hydrogens (tertiary/aromatic N) is 3. The van der Waals surface area contributed by atoms with Crippen LogP contribution in [0.3, 0.4) is 0 Å². The third-order valence-corrected chi connectivity index (χ3v) is 12.1. The second-order valence-electron chi connectivity index (χ2n) is 16.6. The molecule has 0 radical (unpaired) electrons. The second-order valence-corrected chi connectivity index (χ2v) is 16.9. The standard InChI is InChI=1S/C29H30N2O3.C15H20N2O2.C14H11ClO/c1-34-29(33)26-22-30(19-11-14-23-12-5-2-6-13-23)20-21-31(26)28(32)27(24-15-7-3-8-16-24)25-17-9-4-10-18-25;1-19-15(18)14-12-17(11-9-16-14)10-5-8-13-6-3-2-4-7-13;15-14(16)13(11-7-3-1-4-8-11)12-9-5-2-6-10-12/h2-18,26-27H,19-22H2,1H3;2-8,14,16H,9-12H2,1H3;1-10,13H/b14-11+;8-5+;/t26-;14-;/m00./s1. The third kappa shape index (κ3) is 15.8. The predicted molar refractivity (Wildman–Crippen MR) is 275 cm³/mol. The van der Waals surface area contributed by atoms with Crippen molar-refractivity contribution in [3.05, 3.63) is 228 Å². The van der Waals surface area contributed by atoms with Gasteiger partial charge in [-0.15, -0.1) is 0 Å². The summed E-state index contributed by atoms with van der Waals surface area (Å²) < 4.78 is 9.87. The van der Waals surface area contributed by atoms with Crippen molar-refractivity contribution in [1.82, 2.24) is 20.0 Å². The Morgan fingerprint density at radius 3 is 1.33 bits per heavy atom. The van der Waals surface area contributed by atoms with Crippen molar-refractivity contribution in [2.24, 2.45) is 0 Å². The number of rotatable bonds is 14. The minimum Gasteiger partial charge on any atom is -0.468 e. The van der Waals surface area contributed by atoms with Crippen LogP contribution in [0.4, 0.5) is 0 Å². The lowest BCUT2D eigenvalue weighted by Crippen LogP contribution is -2.59. The highest BCUT2D eigenvalue weighted by Crippen LogP contribution is 2.29. The summed E-state index contributed by atoms with van der Waals surface area (Å²) in [5, 5.41) is 2.82. The molecule has 6 aromatic rings. The molecule has 10 nitrogen and oxygen atoms in total. The molecule has 2 aliphatic heterocycles. The Bertz CT molecular complexity index is 2450. The number of hydrogen-bond acceptors (Lipinski definition) is 9. The summed E-state index contributed by atoms with van der Waals surface area (Å²) in [4.78, 5) is 55.8. The summed E-state index contributed by atoms with van der Waals surface area (Å²) in [6.45, 7) is 5.61. The van der Waals surface area contributed by atoms with Gasteiger partial charge in [0.2, 0.25) is 11.1 Å². The second kappa shape index (κ2) is 27.8. The molecule has 8 rings (SSSR count). The Hall–Kier alpha value is -6.95. The number of benzene rings is 6. The van der Waals surface area contributed by atoms with Crippen LogP contribution in [-0.4, -0.2) is 116 Å². The van der Waals surface area contributed by atoms with Crippen LogP contribution in [0.25, 0.3) is 12.2 Å². The molecular formula is C58H61ClN4O6. The van der Waals surface area contributed by atoms with Crippen molar-refractivity contribution in [2.75, 3.05) is 66.6 Å². The molecule has 0 saturated carbocycles. The van der Waals surface area contributed by atoms with Gasteiger partial charge in [0.15, 0.2) is 0 Å². The van der Waals surface area contributed by atoms with E-state index in [1.165, 1.54) is 19.8 Å². The number of ether oxygens (including phenoxy) is 2. The smallest absolute Gasteiger partial charge is 0.329 e. The van der Waals surface area contributed by atoms with E-state index >= 15 is 0 Å². The summed E-state index contributed by atoms with van der Waals surface area (Å²) in [6.07, 6.45) is 8.41. The van der Waals surface area contributed by atoms with Crippen LogP contribution in [0.5, 0.6) is 0 Å². The Morgan fingerprint density at radius 1 is 0.536 bits per heavy atom. The molecule has 2 aliphatic rings. The fourth-order valence-electron chi connectivity index (χ4n) is 8.37. The molecule has 2 atom stereocenters. The average Bonchev–Trinajstić information content (AvgIpc) is 3.40. The van der Waals surface area contributed by atoms with E-state index in [-0.39, 0.29) is 35.0 Å². The highest BCUT2D eigenvalue weighted by atomic mass is 35.5. The van der Waals surface area contributed by atoms with Crippen molar-refractivity contribution in [1.29, 1.82) is 0 Å². The molecule has 1 amide bonds. The Balaban J connectivity index is 0.000000188. The maximum atomic E-state index is 13.9. The Morgan fingerprint density at radius 2 is 0.928 bits per heavy atom. The van der Waals surface area contributed by atoms with Gasteiger partial charge in [0.25, 0.3) is 0 Å². The molecule has 2 heterocycles. The fourth-order valence-corrected chi connectivity index (χ4v) is 8.62. The lowest BCUT2D eigenvalue weighted by molar-refractivity contribution is -0.156. The summed E-state index contributed by atoms with van der Waals surface area (Å²) in [7, 11) is 2.81. The zero-order valence-electron chi connectivity index (χ0n) is 39.3. The topological polar surface area (TPSA) is 108 Å². The first-order valence-corrected chi connectivity index (χ1v) is 23.6. The molecule has 0 bridgehead atoms. The lowest BCUT2D eigenvalue weighted by atomic mass is 9.89. The molecule has 0 aliphatic carbocycles. The summed E-state index contributed by atoms with van der Waals surface area (Å²) in [5.74, 6) is -1.49. The summed E-state index contributed by atoms with van der Waals surface area (Å²) >= 11 is 5.67. The number of piperazine rings is 2. The number of esters is 2. The molecule has 2 fully saturated rings. The SMILES string of the molecule is COC(=O)[C@@H]1CN(C/C=C/c2ccccc2)CCN1.COC(=O)[C@@H]1CN(C/C=C/c2ccccc2)CCN1C(=O)C(c1ccccc1)c1ccccc1.O=C(Cl)C(c1ccccc1)c1ccccc1. The molecule has 0 spiro atoms. The van der Waals surface area contributed by atoms with Crippen LogP contribution in [-0.2, 0) is 28.7 Å². The maximum Gasteiger partial charge on any atom is 0.329 e. The first kappa shape index (κ1) is 51.4. The molecule has 1 N–H and O–H groups in total. The van der Waals surface area contributed by atoms with E-state index in [1.807, 2.05) is 158 Å². The number of hydrogen-bond donors (Lipinski definition) is 1. The van der Waals surface area contributed by atoms with Gasteiger partial charge in [-0.05, 0) is 45.0 Å². The molecule has 0 unspecified atom stereocenters. The van der Waals surface area contributed by atoms with E-state index in [4.69, 9.17) is 21.1 Å². The van der Waals surface area contributed by atoms with Crippen molar-refractivity contribution in [2.45, 2.75) is 23.9 Å². The Kier molecular flexibility index (Phi) is 20.7. The van der Waals surface area contributed by atoms with Crippen LogP contribution >= 0.6 is 11.6 Å². The van der Waals surface area contributed by atoms with E-state index < -0.39 is 12.0 Å². The first-order valence-electron chi connectivity index (χ1n) is 23.2. The van der Waals surface area contributed by atoms with E-state index in [9.17, 15) is 19.2 Å². The number of halogens is 1. The van der Waals surface area contributed by atoms with Gasteiger partial charge in [-0.1, -0.05) is 206 Å². The van der Waals surface area contributed by atoms with Gasteiger partial charge < -0.3 is 19.7 Å². The number of carbonyl (C=O) groups is 4. The van der Waals surface area contributed by atoms with Crippen LogP contribution in [0.2, 0.25) is 0 Å². The molecule has 69 heavy (non-hydrogen) atoms. The van der Waals surface area contributed by atoms with Crippen LogP contribution < -0.4 is 5.32 Å². The molecule has 356 valence electrons. The predicted octanol–water partition coefficient (Wildman–Crippen LogP) is 8.95. The van der Waals surface area contributed by atoms with Crippen LogP contribution in [0.1, 0.15) is 45.2 Å². The molecule has 11 heteroatoms. The molecule has 2 saturated heterocycles. The van der Waals surface area contributed by atoms with Crippen molar-refractivity contribution < 1.29 is 28.7 Å². The molecule has 0 aromatic heterocycles. The van der Waals surface area contributed by atoms with Gasteiger partial charge >= 0.3 is 11.9 Å². The fraction of sp³-hybridized carbons (Fsp3) is 0.241. The monoisotopic (exact) mass is 944 g/mol. The zero-order chi connectivity index (χ0) is 48.6. The maximum absolute atomic E-state index is 13.9. The van der Waals surface area contributed by atoms with E-state index in [0.717, 1.165) is 47.5 Å². The quantitative estimate of drug-likeness (QED) is 0.0847. The third-order valence-electron chi connectivity index (χ3n) is 11.9. The number of amides is 1. The summed E-state index contributed by atoms with van der Waals surface area (Å²) in [6, 6.07) is 58.1. The lowest BCUT2D eigenvalue weighted by Gasteiger charge is -2.41. The van der Waals surface area contributed by atoms with Gasteiger partial charge in [0.1, 0.15) is 12.1 Å². The highest BCUT2D eigenvalue weighted by molar-refractivity contribution is 6.65. The van der Waals surface area contributed by atoms with E-state index in [1.54, 1.807) is 4.90 Å². The average molecular weight is 946 g/mol. The normalized spacial score (nSPS) is 16.3. The van der Waals surface area contributed by atoms with Gasteiger partial charge in [0.05, 0.1) is 26.1 Å². The Labute approximate surface area is 411 Å². The van der Waals surface area contributed by atoms with Gasteiger partial charge in [-0.2, -0.15) is 0 Å².